The third-order valence-corrected chi connectivity index (χ3v) is 1.04. The maximum absolute atomic E-state index is 11.0. The number of amides is 1. The summed E-state index contributed by atoms with van der Waals surface area (Å²) in [5.74, 6) is 0. The van der Waals surface area contributed by atoms with Gasteiger partial charge in [-0.05, 0) is 20.8 Å². The van der Waals surface area contributed by atoms with E-state index in [1.54, 1.807) is 18.2 Å². The number of hydrogen-bond donors (Lipinski definition) is 1. The van der Waals surface area contributed by atoms with Crippen LogP contribution in [0.1, 0.15) is 20.8 Å². The van der Waals surface area contributed by atoms with Gasteiger partial charge in [0, 0.05) is 6.54 Å². The van der Waals surface area contributed by atoms with Crippen LogP contribution in [0.15, 0.2) is 24.8 Å². The summed E-state index contributed by atoms with van der Waals surface area (Å²) in [6.07, 6.45) is 4.80. The van der Waals surface area contributed by atoms with Crippen LogP contribution in [0.2, 0.25) is 0 Å². The van der Waals surface area contributed by atoms with Crippen molar-refractivity contribution in [1.82, 2.24) is 5.32 Å². The molecular formula is C10H17NO2. The highest BCUT2D eigenvalue weighted by Gasteiger charge is 2.14. The predicted molar refractivity (Wildman–Crippen MR) is 53.6 cm³/mol. The molecule has 0 aliphatic carbocycles. The molecule has 0 fully saturated rings. The Labute approximate surface area is 79.5 Å². The molecule has 0 radical (unpaired) electrons. The molecule has 13 heavy (non-hydrogen) atoms. The molecule has 3 heteroatoms. The van der Waals surface area contributed by atoms with E-state index in [0.29, 0.717) is 6.54 Å². The summed E-state index contributed by atoms with van der Waals surface area (Å²) in [6.45, 7) is 9.44. The Bertz CT molecular complexity index is 201. The van der Waals surface area contributed by atoms with Crippen LogP contribution in [-0.4, -0.2) is 18.2 Å². The lowest BCUT2D eigenvalue weighted by molar-refractivity contribution is 0.0534. The second-order valence-electron chi connectivity index (χ2n) is 3.55. The van der Waals surface area contributed by atoms with Crippen LogP contribution in [0.4, 0.5) is 4.79 Å². The lowest BCUT2D eigenvalue weighted by Gasteiger charge is -2.19. The van der Waals surface area contributed by atoms with E-state index >= 15 is 0 Å². The minimum atomic E-state index is -0.438. The van der Waals surface area contributed by atoms with E-state index < -0.39 is 11.7 Å². The van der Waals surface area contributed by atoms with Gasteiger partial charge in [-0.3, -0.25) is 0 Å². The average Bonchev–Trinajstić information content (AvgIpc) is 1.94. The lowest BCUT2D eigenvalue weighted by Crippen LogP contribution is -2.32. The Balaban J connectivity index is 3.64. The summed E-state index contributed by atoms with van der Waals surface area (Å²) in [6, 6.07) is 0. The highest BCUT2D eigenvalue weighted by Crippen LogP contribution is 2.05. The Hall–Kier alpha value is -1.25. The van der Waals surface area contributed by atoms with E-state index in [1.807, 2.05) is 20.8 Å². The monoisotopic (exact) mass is 183 g/mol. The fourth-order valence-corrected chi connectivity index (χ4v) is 0.621. The van der Waals surface area contributed by atoms with Gasteiger partial charge in [0.1, 0.15) is 5.60 Å². The van der Waals surface area contributed by atoms with Crippen LogP contribution in [0.5, 0.6) is 0 Å². The first kappa shape index (κ1) is 11.8. The number of carbonyl (C=O) groups excluding carboxylic acids is 1. The van der Waals surface area contributed by atoms with Crippen molar-refractivity contribution in [1.29, 1.82) is 0 Å². The highest BCUT2D eigenvalue weighted by atomic mass is 16.6. The number of ether oxygens (including phenoxy) is 1. The number of carbonyl (C=O) groups is 1. The molecule has 0 rings (SSSR count). The molecule has 0 saturated carbocycles. The molecule has 0 unspecified atom stereocenters. The van der Waals surface area contributed by atoms with Gasteiger partial charge in [-0.2, -0.15) is 0 Å². The van der Waals surface area contributed by atoms with Crippen molar-refractivity contribution >= 4 is 6.09 Å². The van der Waals surface area contributed by atoms with E-state index in [-0.39, 0.29) is 0 Å². The van der Waals surface area contributed by atoms with Crippen LogP contribution in [0, 0.1) is 0 Å². The van der Waals surface area contributed by atoms with Gasteiger partial charge in [0.15, 0.2) is 0 Å². The van der Waals surface area contributed by atoms with Crippen molar-refractivity contribution in [2.45, 2.75) is 26.4 Å². The fraction of sp³-hybridized carbons (Fsp3) is 0.500. The van der Waals surface area contributed by atoms with Crippen molar-refractivity contribution in [2.75, 3.05) is 6.54 Å². The molecule has 3 nitrogen and oxygen atoms in total. The van der Waals surface area contributed by atoms with Crippen molar-refractivity contribution in [3.63, 3.8) is 0 Å². The molecule has 0 bridgehead atoms. The second kappa shape index (κ2) is 5.41. The zero-order chi connectivity index (χ0) is 10.3. The van der Waals surface area contributed by atoms with Crippen molar-refractivity contribution < 1.29 is 9.53 Å². The summed E-state index contributed by atoms with van der Waals surface area (Å²) in [7, 11) is 0. The molecule has 0 saturated heterocycles. The van der Waals surface area contributed by atoms with Crippen LogP contribution >= 0.6 is 0 Å². The summed E-state index contributed by atoms with van der Waals surface area (Å²) >= 11 is 0. The molecule has 0 aromatic rings. The minimum absolute atomic E-state index is 0.402. The molecule has 0 atom stereocenters. The molecular weight excluding hydrogens is 166 g/mol. The molecule has 0 aromatic carbocycles. The van der Waals surface area contributed by atoms with Crippen molar-refractivity contribution in [2.24, 2.45) is 0 Å². The zero-order valence-corrected chi connectivity index (χ0v) is 8.46. The largest absolute Gasteiger partial charge is 0.444 e. The summed E-state index contributed by atoms with van der Waals surface area (Å²) in [5, 5.41) is 2.58. The van der Waals surface area contributed by atoms with E-state index in [2.05, 4.69) is 11.9 Å². The van der Waals surface area contributed by atoms with Gasteiger partial charge >= 0.3 is 6.09 Å². The molecule has 1 N–H and O–H groups in total. The minimum Gasteiger partial charge on any atom is -0.444 e. The second-order valence-corrected chi connectivity index (χ2v) is 3.55. The van der Waals surface area contributed by atoms with Gasteiger partial charge in [-0.15, -0.1) is 0 Å². The standard InChI is InChI=1S/C10H17NO2/c1-5-6-7-8-11-9(12)13-10(2,3)4/h5-7H,1,8H2,2-4H3,(H,11,12)/b7-6+. The Morgan fingerprint density at radius 1 is 1.54 bits per heavy atom. The van der Waals surface area contributed by atoms with Crippen LogP contribution in [0.25, 0.3) is 0 Å². The first-order valence-corrected chi connectivity index (χ1v) is 4.20. The van der Waals surface area contributed by atoms with E-state index in [9.17, 15) is 4.79 Å². The highest BCUT2D eigenvalue weighted by molar-refractivity contribution is 5.67. The van der Waals surface area contributed by atoms with Crippen LogP contribution in [0.3, 0.4) is 0 Å². The molecule has 0 aliphatic rings. The number of rotatable bonds is 3. The summed E-state index contributed by atoms with van der Waals surface area (Å²) in [4.78, 5) is 11.0. The Morgan fingerprint density at radius 3 is 2.62 bits per heavy atom. The van der Waals surface area contributed by atoms with Crippen LogP contribution < -0.4 is 5.32 Å². The van der Waals surface area contributed by atoms with Gasteiger partial charge in [0.05, 0.1) is 0 Å². The molecule has 1 amide bonds. The topological polar surface area (TPSA) is 38.3 Å². The van der Waals surface area contributed by atoms with E-state index in [1.165, 1.54) is 0 Å². The first-order chi connectivity index (χ1) is 5.95. The summed E-state index contributed by atoms with van der Waals surface area (Å²) < 4.78 is 5.01. The smallest absolute Gasteiger partial charge is 0.407 e. The normalized spacial score (nSPS) is 11.3. The maximum Gasteiger partial charge on any atom is 0.407 e. The van der Waals surface area contributed by atoms with Gasteiger partial charge in [0.25, 0.3) is 0 Å². The van der Waals surface area contributed by atoms with Gasteiger partial charge in [-0.1, -0.05) is 24.8 Å². The fourth-order valence-electron chi connectivity index (χ4n) is 0.621. The summed E-state index contributed by atoms with van der Waals surface area (Å²) in [5.41, 5.74) is -0.438. The number of nitrogens with one attached hydrogen (secondary N) is 1. The van der Waals surface area contributed by atoms with Gasteiger partial charge in [0.2, 0.25) is 0 Å². The SMILES string of the molecule is C=C/C=C/CNC(=O)OC(C)(C)C. The predicted octanol–water partition coefficient (Wildman–Crippen LogP) is 2.25. The number of alkyl carbamates (subject to hydrolysis) is 1. The molecule has 0 heterocycles. The van der Waals surface area contributed by atoms with Crippen LogP contribution in [-0.2, 0) is 4.74 Å². The van der Waals surface area contributed by atoms with E-state index in [0.717, 1.165) is 0 Å². The molecule has 74 valence electrons. The first-order valence-electron chi connectivity index (χ1n) is 4.20. The maximum atomic E-state index is 11.0. The number of allylic oxidation sites excluding steroid dienone is 2. The molecule has 0 aliphatic heterocycles. The molecule has 0 spiro atoms. The quantitative estimate of drug-likeness (QED) is 0.681. The molecule has 0 aromatic heterocycles. The third kappa shape index (κ3) is 8.66. The van der Waals surface area contributed by atoms with E-state index in [4.69, 9.17) is 4.74 Å². The van der Waals surface area contributed by atoms with Crippen molar-refractivity contribution in [3.05, 3.63) is 24.8 Å². The zero-order valence-electron chi connectivity index (χ0n) is 8.46. The van der Waals surface area contributed by atoms with Gasteiger partial charge in [-0.25, -0.2) is 4.79 Å². The average molecular weight is 183 g/mol. The Morgan fingerprint density at radius 2 is 2.15 bits per heavy atom. The van der Waals surface area contributed by atoms with Crippen molar-refractivity contribution in [3.8, 4) is 0 Å². The van der Waals surface area contributed by atoms with Gasteiger partial charge < -0.3 is 10.1 Å². The lowest BCUT2D eigenvalue weighted by atomic mass is 10.2. The third-order valence-electron chi connectivity index (χ3n) is 1.04. The number of hydrogen-bond acceptors (Lipinski definition) is 2. The Kier molecular flexibility index (Phi) is 4.89.